The zero-order valence-electron chi connectivity index (χ0n) is 24.6. The molecule has 0 unspecified atom stereocenters. The number of carbonyl (C=O) groups is 4. The third kappa shape index (κ3) is 6.34. The number of nitrogens with zero attached hydrogens (tertiary/aromatic N) is 3. The van der Waals surface area contributed by atoms with Crippen molar-refractivity contribution in [2.24, 2.45) is 5.73 Å². The molecule has 2 saturated heterocycles. The first-order valence-electron chi connectivity index (χ1n) is 15.0. The topological polar surface area (TPSA) is 150 Å². The third-order valence-corrected chi connectivity index (χ3v) is 9.39. The summed E-state index contributed by atoms with van der Waals surface area (Å²) < 4.78 is 0. The van der Waals surface area contributed by atoms with Gasteiger partial charge >= 0.3 is 0 Å². The predicted molar refractivity (Wildman–Crippen MR) is 172 cm³/mol. The molecule has 230 valence electrons. The summed E-state index contributed by atoms with van der Waals surface area (Å²) in [7, 11) is 0. The molecule has 1 aromatic heterocycles. The van der Waals surface area contributed by atoms with Crippen molar-refractivity contribution in [2.45, 2.75) is 50.2 Å². The molecule has 0 radical (unpaired) electrons. The number of amidine groups is 1. The quantitative estimate of drug-likeness (QED) is 0.133. The molecule has 6 rings (SSSR count). The molecular formula is C34H34N6O4S. The number of nitrogens with one attached hydrogen (secondary N) is 2. The van der Waals surface area contributed by atoms with Crippen molar-refractivity contribution in [1.82, 2.24) is 20.1 Å². The molecule has 4 N–H and O–H groups in total. The Labute approximate surface area is 264 Å². The molecule has 0 saturated carbocycles. The maximum Gasteiger partial charge on any atom is 0.245 e. The highest BCUT2D eigenvalue weighted by atomic mass is 32.1. The number of nitrogens with two attached hydrogens (primary N) is 1. The Bertz CT molecular complexity index is 1770. The van der Waals surface area contributed by atoms with Gasteiger partial charge in [-0.15, -0.1) is 11.3 Å². The van der Waals surface area contributed by atoms with Crippen molar-refractivity contribution in [1.29, 1.82) is 5.41 Å². The van der Waals surface area contributed by atoms with Gasteiger partial charge in [0, 0.05) is 30.1 Å². The fourth-order valence-electron chi connectivity index (χ4n) is 6.43. The van der Waals surface area contributed by atoms with E-state index in [2.05, 4.69) is 34.6 Å². The Morgan fingerprint density at radius 1 is 1.07 bits per heavy atom. The molecule has 2 aliphatic rings. The number of piperazine rings is 1. The van der Waals surface area contributed by atoms with Crippen molar-refractivity contribution in [3.8, 4) is 0 Å². The van der Waals surface area contributed by atoms with Crippen molar-refractivity contribution in [2.75, 3.05) is 13.1 Å². The van der Waals surface area contributed by atoms with E-state index in [1.54, 1.807) is 34.5 Å². The SMILES string of the molecule is N=C(N)c1cccc(C[C@H](NC(=O)[C@@H]2CC[C@H]3C(=O)N(CCCc4cccc5ccccc45)CC(=O)N23)C(=O)c2nccs2)c1. The van der Waals surface area contributed by atoms with Crippen LogP contribution in [0.3, 0.4) is 0 Å². The number of fused-ring (bicyclic) bond motifs is 2. The molecule has 3 atom stereocenters. The Morgan fingerprint density at radius 2 is 1.87 bits per heavy atom. The van der Waals surface area contributed by atoms with Gasteiger partial charge in [0.25, 0.3) is 0 Å². The lowest BCUT2D eigenvalue weighted by Gasteiger charge is -2.38. The van der Waals surface area contributed by atoms with Crippen LogP contribution in [0.5, 0.6) is 0 Å². The van der Waals surface area contributed by atoms with Gasteiger partial charge in [-0.3, -0.25) is 24.6 Å². The molecule has 3 heterocycles. The van der Waals surface area contributed by atoms with Crippen LogP contribution in [0.1, 0.15) is 45.8 Å². The van der Waals surface area contributed by atoms with Gasteiger partial charge in [-0.1, -0.05) is 60.7 Å². The minimum atomic E-state index is -0.953. The Hall–Kier alpha value is -4.90. The predicted octanol–water partition coefficient (Wildman–Crippen LogP) is 3.33. The average Bonchev–Trinajstić information content (AvgIpc) is 3.75. The second-order valence-electron chi connectivity index (χ2n) is 11.5. The summed E-state index contributed by atoms with van der Waals surface area (Å²) in [6.07, 6.45) is 3.89. The number of carbonyl (C=O) groups excluding carboxylic acids is 4. The lowest BCUT2D eigenvalue weighted by atomic mass is 9.99. The molecule has 2 aliphatic heterocycles. The molecule has 0 bridgehead atoms. The van der Waals surface area contributed by atoms with Gasteiger partial charge in [0.15, 0.2) is 5.01 Å². The highest BCUT2D eigenvalue weighted by Gasteiger charge is 2.49. The molecule has 4 aromatic rings. The summed E-state index contributed by atoms with van der Waals surface area (Å²) in [4.78, 5) is 61.2. The fourth-order valence-corrected chi connectivity index (χ4v) is 7.06. The summed E-state index contributed by atoms with van der Waals surface area (Å²) in [5.74, 6) is -1.32. The van der Waals surface area contributed by atoms with Gasteiger partial charge in [-0.2, -0.15) is 0 Å². The lowest BCUT2D eigenvalue weighted by molar-refractivity contribution is -0.157. The Morgan fingerprint density at radius 3 is 2.67 bits per heavy atom. The van der Waals surface area contributed by atoms with E-state index >= 15 is 0 Å². The van der Waals surface area contributed by atoms with Crippen LogP contribution >= 0.6 is 11.3 Å². The molecule has 3 aromatic carbocycles. The number of Topliss-reactive ketones (excluding diaryl/α,β-unsaturated/α-hetero) is 1. The first kappa shape index (κ1) is 30.1. The van der Waals surface area contributed by atoms with Crippen LogP contribution in [-0.2, 0) is 27.2 Å². The minimum Gasteiger partial charge on any atom is -0.384 e. The summed E-state index contributed by atoms with van der Waals surface area (Å²) in [6, 6.07) is 18.9. The highest BCUT2D eigenvalue weighted by Crippen LogP contribution is 2.30. The first-order valence-corrected chi connectivity index (χ1v) is 15.9. The van der Waals surface area contributed by atoms with Crippen molar-refractivity contribution < 1.29 is 19.2 Å². The largest absolute Gasteiger partial charge is 0.384 e. The van der Waals surface area contributed by atoms with E-state index in [0.717, 1.165) is 12.8 Å². The van der Waals surface area contributed by atoms with Gasteiger partial charge in [-0.05, 0) is 53.6 Å². The normalized spacial score (nSPS) is 18.6. The zero-order valence-corrected chi connectivity index (χ0v) is 25.5. The molecule has 10 nitrogen and oxygen atoms in total. The Balaban J connectivity index is 1.12. The maximum absolute atomic E-state index is 13.7. The summed E-state index contributed by atoms with van der Waals surface area (Å²) >= 11 is 1.18. The zero-order chi connectivity index (χ0) is 31.5. The van der Waals surface area contributed by atoms with Crippen molar-refractivity contribution in [3.05, 3.63) is 100 Å². The molecule has 45 heavy (non-hydrogen) atoms. The molecule has 3 amide bonds. The number of rotatable bonds is 11. The smallest absolute Gasteiger partial charge is 0.245 e. The maximum atomic E-state index is 13.7. The van der Waals surface area contributed by atoms with Crippen molar-refractivity contribution in [3.63, 3.8) is 0 Å². The van der Waals surface area contributed by atoms with E-state index in [4.69, 9.17) is 11.1 Å². The number of thiazole rings is 1. The minimum absolute atomic E-state index is 0.0754. The van der Waals surface area contributed by atoms with Gasteiger partial charge < -0.3 is 20.9 Å². The fraction of sp³-hybridized carbons (Fsp3) is 0.294. The van der Waals surface area contributed by atoms with Crippen molar-refractivity contribution >= 4 is 51.4 Å². The second kappa shape index (κ2) is 13.0. The second-order valence-corrected chi connectivity index (χ2v) is 12.4. The van der Waals surface area contributed by atoms with E-state index in [-0.39, 0.29) is 41.4 Å². The standard InChI is InChI=1S/C34H34N6O4S/c35-31(36)24-10-3-6-21(18-24)19-26(30(42)33-37-15-17-45-33)38-32(43)27-13-14-28-34(44)39(20-29(41)40(27)28)16-5-11-23-9-4-8-22-7-1-2-12-25(22)23/h1-4,6-10,12,15,17-18,26-28H,5,11,13-14,16,19-20H2,(H3,35,36)(H,38,43)/t26-,27-,28-/m0/s1. The number of amides is 3. The van der Waals surface area contributed by atoms with Crippen LogP contribution in [0.4, 0.5) is 0 Å². The number of hydrogen-bond acceptors (Lipinski definition) is 7. The van der Waals surface area contributed by atoms with Crippen LogP contribution in [0, 0.1) is 5.41 Å². The molecular weight excluding hydrogens is 588 g/mol. The molecule has 2 fully saturated rings. The highest BCUT2D eigenvalue weighted by molar-refractivity contribution is 7.11. The number of ketones is 1. The first-order chi connectivity index (χ1) is 21.8. The molecule has 0 aliphatic carbocycles. The number of aryl methyl sites for hydroxylation is 1. The van der Waals surface area contributed by atoms with E-state index in [0.29, 0.717) is 30.5 Å². The van der Waals surface area contributed by atoms with E-state index < -0.39 is 24.0 Å². The van der Waals surface area contributed by atoms with E-state index in [1.165, 1.54) is 38.8 Å². The number of benzene rings is 3. The number of hydrogen-bond donors (Lipinski definition) is 3. The van der Waals surface area contributed by atoms with E-state index in [1.807, 2.05) is 18.2 Å². The van der Waals surface area contributed by atoms with Crippen LogP contribution < -0.4 is 11.1 Å². The summed E-state index contributed by atoms with van der Waals surface area (Å²) in [5.41, 5.74) is 8.08. The van der Waals surface area contributed by atoms with E-state index in [9.17, 15) is 19.2 Å². The van der Waals surface area contributed by atoms with Crippen LogP contribution in [0.2, 0.25) is 0 Å². The van der Waals surface area contributed by atoms with Crippen LogP contribution in [0.25, 0.3) is 10.8 Å². The lowest BCUT2D eigenvalue weighted by Crippen LogP contribution is -2.62. The van der Waals surface area contributed by atoms with Crippen LogP contribution in [0.15, 0.2) is 78.3 Å². The average molecular weight is 623 g/mol. The van der Waals surface area contributed by atoms with Crippen LogP contribution in [-0.4, -0.2) is 75.3 Å². The van der Waals surface area contributed by atoms with Gasteiger partial charge in [0.1, 0.15) is 17.9 Å². The number of nitrogen functional groups attached to an aromatic ring is 1. The molecule has 11 heteroatoms. The number of aromatic nitrogens is 1. The summed E-state index contributed by atoms with van der Waals surface area (Å²) in [6.45, 7) is 0.382. The Kier molecular flexibility index (Phi) is 8.70. The van der Waals surface area contributed by atoms with Gasteiger partial charge in [-0.25, -0.2) is 4.98 Å². The van der Waals surface area contributed by atoms with Gasteiger partial charge in [0.05, 0.1) is 12.6 Å². The monoisotopic (exact) mass is 622 g/mol. The van der Waals surface area contributed by atoms with Gasteiger partial charge in [0.2, 0.25) is 23.5 Å². The molecule has 0 spiro atoms. The third-order valence-electron chi connectivity index (χ3n) is 8.61. The summed E-state index contributed by atoms with van der Waals surface area (Å²) in [5, 5.41) is 14.9.